The molecule has 12 rings (SSSR count). The van der Waals surface area contributed by atoms with Gasteiger partial charge in [0.25, 0.3) is 0 Å². The number of hydrogen-bond donors (Lipinski definition) is 7. The predicted octanol–water partition coefficient (Wildman–Crippen LogP) is 11.4. The van der Waals surface area contributed by atoms with E-state index in [0.29, 0.717) is 64.5 Å². The Labute approximate surface area is 625 Å². The molecule has 7 aromatic carbocycles. The number of benzene rings is 7. The summed E-state index contributed by atoms with van der Waals surface area (Å²) >= 11 is 0. The fraction of sp³-hybridized carbons (Fsp3) is 0.417. The van der Waals surface area contributed by atoms with Gasteiger partial charge >= 0.3 is 29.8 Å². The SMILES string of the molecule is CCC(=O)N(c1ccccc1)C1(C(=O)OC)CCN(Cc2ccccc2)CC1.CCC(=O)N(c1ccccc1)C1(C(=O)OC)CCNCC1.COC(=O)C1(Nc2ccccc2)CCN(Cc2ccccc2)CC1.COC(=O)C1(Nc2ccccc2)CCNCC1.O=C(O)C1(Nc2ccccc2)CCNCC1. The number of ether oxygens (including phenoxy) is 4. The summed E-state index contributed by atoms with van der Waals surface area (Å²) in [4.78, 5) is 94.7. The molecule has 106 heavy (non-hydrogen) atoms. The van der Waals surface area contributed by atoms with Gasteiger partial charge < -0.3 is 56.0 Å². The van der Waals surface area contributed by atoms with E-state index in [1.165, 1.54) is 39.6 Å². The van der Waals surface area contributed by atoms with E-state index in [9.17, 15) is 38.7 Å². The van der Waals surface area contributed by atoms with Gasteiger partial charge in [-0.15, -0.1) is 0 Å². The molecule has 0 spiro atoms. The highest BCUT2D eigenvalue weighted by molar-refractivity contribution is 6.03. The van der Waals surface area contributed by atoms with Gasteiger partial charge in [0.05, 0.1) is 28.4 Å². The number of carbonyl (C=O) groups excluding carboxylic acids is 6. The first-order chi connectivity index (χ1) is 51.5. The Morgan fingerprint density at radius 3 is 0.934 bits per heavy atom. The van der Waals surface area contributed by atoms with Gasteiger partial charge in [0.15, 0.2) is 0 Å². The fourth-order valence-corrected chi connectivity index (χ4v) is 14.5. The molecule has 2 amide bonds. The molecule has 5 aliphatic heterocycles. The first-order valence-corrected chi connectivity index (χ1v) is 37.0. The molecule has 7 aromatic rings. The maximum atomic E-state index is 13.0. The first-order valence-electron chi connectivity index (χ1n) is 37.0. The number of likely N-dealkylation sites (tertiary alicyclic amines) is 2. The van der Waals surface area contributed by atoms with Crippen LogP contribution in [0.2, 0.25) is 0 Å². The van der Waals surface area contributed by atoms with Gasteiger partial charge in [-0.1, -0.05) is 166 Å². The molecule has 22 nitrogen and oxygen atoms in total. The van der Waals surface area contributed by atoms with Crippen molar-refractivity contribution in [2.24, 2.45) is 0 Å². The summed E-state index contributed by atoms with van der Waals surface area (Å²) in [7, 11) is 5.69. The van der Waals surface area contributed by atoms with Gasteiger partial charge in [-0.05, 0) is 175 Å². The van der Waals surface area contributed by atoms with Crippen LogP contribution in [-0.4, -0.2) is 178 Å². The number of carboxylic acids is 1. The standard InChI is InChI=1S/C23H28N2O3.C20H24N2O2.C16H22N2O3.C13H18N2O2.C12H16N2O2/c1-3-21(26)25(20-12-8-5-9-13-20)23(22(27)28-2)14-16-24(17-15-23)18-19-10-6-4-7-11-19;1-24-19(23)20(21-18-10-6-3-7-11-18)12-14-22(15-13-20)16-17-8-4-2-5-9-17;1-3-14(19)18(13-7-5-4-6-8-13)16(15(20)21-2)9-11-17-12-10-16;1-17-12(16)13(7-9-14-10-8-13)15-11-5-3-2-4-6-11;15-11(16)12(6-8-13-9-7-12)14-10-4-2-1-3-5-10/h4-13H,3,14-18H2,1-2H3;2-11,21H,12-16H2,1H3;4-8,17H,3,9-12H2,1-2H3;2-6,14-15H,7-10H2,1H3;1-5,13-14H,6-9H2,(H,15,16). The molecule has 0 saturated carbocycles. The number of piperidine rings is 5. The molecule has 0 radical (unpaired) electrons. The molecular formula is C84H108N10O12. The van der Waals surface area contributed by atoms with E-state index in [0.717, 1.165) is 120 Å². The Balaban J connectivity index is 0.000000170. The average molecular weight is 1450 g/mol. The van der Waals surface area contributed by atoms with Crippen molar-refractivity contribution in [1.82, 2.24) is 25.8 Å². The molecule has 7 N–H and O–H groups in total. The van der Waals surface area contributed by atoms with E-state index in [-0.39, 0.29) is 35.7 Å². The molecular weight excluding hydrogens is 1340 g/mol. The van der Waals surface area contributed by atoms with Gasteiger partial charge in [0, 0.05) is 80.5 Å². The Morgan fingerprint density at radius 1 is 0.358 bits per heavy atom. The fourth-order valence-electron chi connectivity index (χ4n) is 14.5. The molecule has 0 bridgehead atoms. The number of carboxylic acid groups (broad SMARTS) is 1. The van der Waals surface area contributed by atoms with Crippen LogP contribution in [-0.2, 0) is 65.6 Å². The zero-order valence-electron chi connectivity index (χ0n) is 62.4. The number of esters is 4. The highest BCUT2D eigenvalue weighted by Gasteiger charge is 2.51. The van der Waals surface area contributed by atoms with Crippen LogP contribution in [0.3, 0.4) is 0 Å². The second kappa shape index (κ2) is 41.1. The van der Waals surface area contributed by atoms with Crippen LogP contribution < -0.4 is 41.7 Å². The van der Waals surface area contributed by atoms with Gasteiger partial charge in [-0.2, -0.15) is 0 Å². The lowest BCUT2D eigenvalue weighted by Gasteiger charge is -2.46. The summed E-state index contributed by atoms with van der Waals surface area (Å²) in [6, 6.07) is 68.8. The van der Waals surface area contributed by atoms with E-state index < -0.39 is 33.7 Å². The molecule has 566 valence electrons. The van der Waals surface area contributed by atoms with Crippen molar-refractivity contribution >= 4 is 70.1 Å². The zero-order chi connectivity index (χ0) is 75.7. The Hall–Kier alpha value is -9.97. The lowest BCUT2D eigenvalue weighted by atomic mass is 9.84. The lowest BCUT2D eigenvalue weighted by molar-refractivity contribution is -0.151. The summed E-state index contributed by atoms with van der Waals surface area (Å²) < 4.78 is 20.3. The molecule has 0 unspecified atom stereocenters. The Bertz CT molecular complexity index is 3800. The van der Waals surface area contributed by atoms with Crippen molar-refractivity contribution in [2.45, 2.75) is 132 Å². The highest BCUT2D eigenvalue weighted by Crippen LogP contribution is 2.38. The third-order valence-corrected chi connectivity index (χ3v) is 20.4. The summed E-state index contributed by atoms with van der Waals surface area (Å²) in [5.41, 5.74) is 2.93. The monoisotopic (exact) mass is 1450 g/mol. The van der Waals surface area contributed by atoms with Crippen LogP contribution in [0.1, 0.15) is 102 Å². The first kappa shape index (κ1) is 81.7. The van der Waals surface area contributed by atoms with Crippen molar-refractivity contribution in [3.05, 3.63) is 223 Å². The van der Waals surface area contributed by atoms with Crippen LogP contribution >= 0.6 is 0 Å². The molecule has 0 aromatic heterocycles. The van der Waals surface area contributed by atoms with Gasteiger partial charge in [0.1, 0.15) is 27.7 Å². The van der Waals surface area contributed by atoms with E-state index >= 15 is 0 Å². The number of nitrogens with one attached hydrogen (secondary N) is 6. The average Bonchev–Trinajstić information content (AvgIpc) is 0.763. The third-order valence-electron chi connectivity index (χ3n) is 20.4. The van der Waals surface area contributed by atoms with Gasteiger partial charge in [0.2, 0.25) is 11.8 Å². The molecule has 5 heterocycles. The van der Waals surface area contributed by atoms with Crippen LogP contribution in [0.15, 0.2) is 212 Å². The quantitative estimate of drug-likeness (QED) is 0.0260. The van der Waals surface area contributed by atoms with Crippen molar-refractivity contribution in [3.8, 4) is 0 Å². The summed E-state index contributed by atoms with van der Waals surface area (Å²) in [6.45, 7) is 13.1. The third kappa shape index (κ3) is 21.8. The van der Waals surface area contributed by atoms with Gasteiger partial charge in [-0.25, -0.2) is 24.0 Å². The molecule has 5 saturated heterocycles. The number of para-hydroxylation sites is 5. The number of hydrogen-bond acceptors (Lipinski definition) is 19. The number of methoxy groups -OCH3 is 4. The van der Waals surface area contributed by atoms with Crippen LogP contribution in [0, 0.1) is 0 Å². The van der Waals surface area contributed by atoms with Crippen molar-refractivity contribution in [3.63, 3.8) is 0 Å². The zero-order valence-corrected chi connectivity index (χ0v) is 62.4. The van der Waals surface area contributed by atoms with E-state index in [1.54, 1.807) is 9.80 Å². The predicted molar refractivity (Wildman–Crippen MR) is 416 cm³/mol. The maximum Gasteiger partial charge on any atom is 0.332 e. The summed E-state index contributed by atoms with van der Waals surface area (Å²) in [5.74, 6) is -1.92. The minimum Gasteiger partial charge on any atom is -0.480 e. The van der Waals surface area contributed by atoms with Crippen LogP contribution in [0.5, 0.6) is 0 Å². The van der Waals surface area contributed by atoms with E-state index in [1.807, 2.05) is 190 Å². The smallest absolute Gasteiger partial charge is 0.332 e. The number of aliphatic carboxylic acids is 1. The largest absolute Gasteiger partial charge is 0.480 e. The highest BCUT2D eigenvalue weighted by atomic mass is 16.5. The minimum atomic E-state index is -0.962. The molecule has 0 aliphatic carbocycles. The van der Waals surface area contributed by atoms with Crippen LogP contribution in [0.25, 0.3) is 0 Å². The molecule has 5 fully saturated rings. The second-order valence-corrected chi connectivity index (χ2v) is 27.2. The summed E-state index contributed by atoms with van der Waals surface area (Å²) in [6.07, 6.45) is 7.07. The number of nitrogens with zero attached hydrogens (tertiary/aromatic N) is 4. The number of rotatable bonds is 21. The second-order valence-electron chi connectivity index (χ2n) is 27.2. The van der Waals surface area contributed by atoms with Crippen LogP contribution in [0.4, 0.5) is 28.4 Å². The summed E-state index contributed by atoms with van der Waals surface area (Å²) in [5, 5.41) is 28.9. The van der Waals surface area contributed by atoms with Gasteiger partial charge in [-0.3, -0.25) is 29.2 Å². The topological polar surface area (TPSA) is 262 Å². The molecule has 22 heteroatoms. The molecule has 5 aliphatic rings. The minimum absolute atomic E-state index is 0.0616. The normalized spacial score (nSPS) is 17.4. The number of carbonyl (C=O) groups is 7. The van der Waals surface area contributed by atoms with Crippen molar-refractivity contribution in [1.29, 1.82) is 0 Å². The number of anilines is 5. The Kier molecular flexibility index (Phi) is 31.7. The maximum absolute atomic E-state index is 13.0. The van der Waals surface area contributed by atoms with Crippen molar-refractivity contribution in [2.75, 3.05) is 120 Å². The lowest BCUT2D eigenvalue weighted by Crippen LogP contribution is -2.62. The van der Waals surface area contributed by atoms with Crippen molar-refractivity contribution < 1.29 is 57.6 Å². The number of amides is 2. The molecule has 0 atom stereocenters. The van der Waals surface area contributed by atoms with E-state index in [4.69, 9.17) is 18.9 Å². The Morgan fingerprint density at radius 2 is 0.623 bits per heavy atom. The van der Waals surface area contributed by atoms with E-state index in [2.05, 4.69) is 78.1 Å².